The Kier molecular flexibility index (Phi) is 4.79. The molecule has 0 bridgehead atoms. The van der Waals surface area contributed by atoms with E-state index in [4.69, 9.17) is 5.73 Å². The summed E-state index contributed by atoms with van der Waals surface area (Å²) in [5, 5.41) is 11.3. The van der Waals surface area contributed by atoms with Crippen LogP contribution in [0.5, 0.6) is 0 Å². The standard InChI is InChI=1S/C15H14AsN5S/c17-7-6-16-15-19-8-5-11(21-15)10(9-18)14-20-12-3-1-2-4-13(12)22-14/h1-5,8,10,16H,6-7,17H2. The molecule has 3 rings (SSSR count). The van der Waals surface area contributed by atoms with Gasteiger partial charge in [0.15, 0.2) is 0 Å². The number of nitriles is 1. The average molecular weight is 371 g/mol. The number of nitrogens with zero attached hydrogens (tertiary/aromatic N) is 4. The van der Waals surface area contributed by atoms with Crippen molar-refractivity contribution in [3.05, 3.63) is 47.2 Å². The molecule has 0 radical (unpaired) electrons. The molecule has 2 unspecified atom stereocenters. The minimum atomic E-state index is -0.441. The molecule has 5 nitrogen and oxygen atoms in total. The first-order chi connectivity index (χ1) is 10.8. The molecule has 0 aliphatic carbocycles. The zero-order valence-electron chi connectivity index (χ0n) is 11.7. The third kappa shape index (κ3) is 3.17. The van der Waals surface area contributed by atoms with Crippen LogP contribution in [-0.4, -0.2) is 37.2 Å². The van der Waals surface area contributed by atoms with Gasteiger partial charge in [0.2, 0.25) is 0 Å². The predicted molar refractivity (Wildman–Crippen MR) is 89.8 cm³/mol. The van der Waals surface area contributed by atoms with Gasteiger partial charge in [-0.1, -0.05) is 0 Å². The second-order valence-corrected chi connectivity index (χ2v) is 8.39. The fourth-order valence-electron chi connectivity index (χ4n) is 2.06. The van der Waals surface area contributed by atoms with Crippen LogP contribution in [0.3, 0.4) is 0 Å². The molecule has 0 amide bonds. The summed E-state index contributed by atoms with van der Waals surface area (Å²) in [6.07, 6.45) is 1.73. The first kappa shape index (κ1) is 15.1. The van der Waals surface area contributed by atoms with E-state index in [0.29, 0.717) is 6.54 Å². The van der Waals surface area contributed by atoms with Gasteiger partial charge in [-0.25, -0.2) is 0 Å². The molecule has 0 aliphatic rings. The van der Waals surface area contributed by atoms with Crippen molar-refractivity contribution in [2.24, 2.45) is 5.73 Å². The Morgan fingerprint density at radius 1 is 1.27 bits per heavy atom. The molecule has 2 N–H and O–H groups in total. The maximum atomic E-state index is 9.57. The summed E-state index contributed by atoms with van der Waals surface area (Å²) in [6.45, 7) is 0.660. The van der Waals surface area contributed by atoms with Crippen molar-refractivity contribution in [1.29, 1.82) is 5.26 Å². The summed E-state index contributed by atoms with van der Waals surface area (Å²) in [7, 11) is 0. The Bertz CT molecular complexity index is 793. The second kappa shape index (κ2) is 6.97. The van der Waals surface area contributed by atoms with Gasteiger partial charge in [0.05, 0.1) is 0 Å². The van der Waals surface area contributed by atoms with Crippen LogP contribution in [0.25, 0.3) is 10.2 Å². The summed E-state index contributed by atoms with van der Waals surface area (Å²) in [5.41, 5.74) is 7.20. The molecule has 0 saturated carbocycles. The molecule has 22 heavy (non-hydrogen) atoms. The molecule has 2 aromatic heterocycles. The van der Waals surface area contributed by atoms with Crippen LogP contribution in [0.2, 0.25) is 5.21 Å². The Morgan fingerprint density at radius 2 is 2.14 bits per heavy atom. The predicted octanol–water partition coefficient (Wildman–Crippen LogP) is 1.18. The number of rotatable bonds is 5. The Hall–Kier alpha value is -1.80. The van der Waals surface area contributed by atoms with Crippen LogP contribution < -0.4 is 10.3 Å². The first-order valence-corrected chi connectivity index (χ1v) is 10.2. The number of thiazole rings is 1. The van der Waals surface area contributed by atoms with Crippen LogP contribution in [-0.2, 0) is 0 Å². The summed E-state index contributed by atoms with van der Waals surface area (Å²) in [5.74, 6) is -0.441. The van der Waals surface area contributed by atoms with Gasteiger partial charge in [-0.15, -0.1) is 0 Å². The second-order valence-electron chi connectivity index (χ2n) is 4.60. The first-order valence-electron chi connectivity index (χ1n) is 6.84. The fraction of sp³-hybridized carbons (Fsp3) is 0.200. The molecule has 3 aromatic rings. The number of benzene rings is 1. The van der Waals surface area contributed by atoms with E-state index < -0.39 is 21.7 Å². The van der Waals surface area contributed by atoms with Gasteiger partial charge >= 0.3 is 139 Å². The molecule has 0 saturated heterocycles. The van der Waals surface area contributed by atoms with Crippen molar-refractivity contribution >= 4 is 41.9 Å². The minimum absolute atomic E-state index is 0.422. The third-order valence-electron chi connectivity index (χ3n) is 3.09. The van der Waals surface area contributed by atoms with Crippen molar-refractivity contribution in [2.45, 2.75) is 11.1 Å². The van der Waals surface area contributed by atoms with E-state index in [1.54, 1.807) is 23.6 Å². The van der Waals surface area contributed by atoms with Crippen LogP contribution in [0.1, 0.15) is 16.6 Å². The molecular weight excluding hydrogens is 357 g/mol. The van der Waals surface area contributed by atoms with Gasteiger partial charge in [-0.3, -0.25) is 0 Å². The van der Waals surface area contributed by atoms with Crippen molar-refractivity contribution < 1.29 is 0 Å². The number of nitrogens with two attached hydrogens (primary N) is 1. The van der Waals surface area contributed by atoms with Gasteiger partial charge in [0, 0.05) is 0 Å². The summed E-state index contributed by atoms with van der Waals surface area (Å²) < 4.78 is 1.94. The van der Waals surface area contributed by atoms with E-state index in [1.807, 2.05) is 24.3 Å². The van der Waals surface area contributed by atoms with Crippen molar-refractivity contribution in [2.75, 3.05) is 6.54 Å². The Balaban J connectivity index is 1.95. The maximum absolute atomic E-state index is 9.57. The molecule has 110 valence electrons. The van der Waals surface area contributed by atoms with Gasteiger partial charge in [0.25, 0.3) is 0 Å². The summed E-state index contributed by atoms with van der Waals surface area (Å²) in [6, 6.07) is 12.0. The van der Waals surface area contributed by atoms with Crippen LogP contribution in [0.4, 0.5) is 0 Å². The van der Waals surface area contributed by atoms with Gasteiger partial charge < -0.3 is 0 Å². The quantitative estimate of drug-likeness (QED) is 0.681. The van der Waals surface area contributed by atoms with Gasteiger partial charge in [0.1, 0.15) is 0 Å². The van der Waals surface area contributed by atoms with E-state index in [1.165, 1.54) is 0 Å². The topological polar surface area (TPSA) is 88.5 Å². The zero-order valence-corrected chi connectivity index (χ0v) is 14.6. The van der Waals surface area contributed by atoms with E-state index >= 15 is 0 Å². The molecule has 0 aliphatic heterocycles. The number of para-hydroxylation sites is 1. The zero-order chi connectivity index (χ0) is 15.4. The van der Waals surface area contributed by atoms with Crippen molar-refractivity contribution in [1.82, 2.24) is 15.0 Å². The Labute approximate surface area is 138 Å². The van der Waals surface area contributed by atoms with Gasteiger partial charge in [-0.2, -0.15) is 0 Å². The molecule has 2 heterocycles. The third-order valence-corrected chi connectivity index (χ3v) is 6.49. The summed E-state index contributed by atoms with van der Waals surface area (Å²) in [4.78, 5) is 13.4. The normalized spacial score (nSPS) is 12.7. The monoisotopic (exact) mass is 371 g/mol. The fourth-order valence-corrected chi connectivity index (χ4v) is 4.65. The Morgan fingerprint density at radius 3 is 2.91 bits per heavy atom. The number of hydrogen-bond acceptors (Lipinski definition) is 6. The number of hydrogen-bond donors (Lipinski definition) is 1. The van der Waals surface area contributed by atoms with Crippen molar-refractivity contribution in [3.63, 3.8) is 0 Å². The number of fused-ring (bicyclic) bond motifs is 1. The van der Waals surface area contributed by atoms with E-state index in [0.717, 1.165) is 30.7 Å². The van der Waals surface area contributed by atoms with Crippen LogP contribution in [0.15, 0.2) is 36.5 Å². The van der Waals surface area contributed by atoms with Crippen molar-refractivity contribution in [3.8, 4) is 6.07 Å². The van der Waals surface area contributed by atoms with E-state index in [9.17, 15) is 5.26 Å². The molecular formula is C15H14AsN5S. The molecule has 0 spiro atoms. The van der Waals surface area contributed by atoms with E-state index in [2.05, 4.69) is 21.0 Å². The molecule has 0 fully saturated rings. The van der Waals surface area contributed by atoms with Gasteiger partial charge in [-0.05, 0) is 0 Å². The van der Waals surface area contributed by atoms with Crippen LogP contribution >= 0.6 is 11.3 Å². The number of aromatic nitrogens is 3. The molecule has 1 aromatic carbocycles. The molecule has 2 atom stereocenters. The van der Waals surface area contributed by atoms with E-state index in [-0.39, 0.29) is 0 Å². The average Bonchev–Trinajstić information content (AvgIpc) is 2.97. The van der Waals surface area contributed by atoms with Crippen LogP contribution in [0, 0.1) is 11.3 Å². The molecule has 7 heteroatoms. The SMILES string of the molecule is N#CC(c1ccnc([AsH]CCN)n1)c1nc2ccccc2s1. The summed E-state index contributed by atoms with van der Waals surface area (Å²) >= 11 is 1.12.